The summed E-state index contributed by atoms with van der Waals surface area (Å²) in [5.74, 6) is 1.83. The van der Waals surface area contributed by atoms with Crippen molar-refractivity contribution in [2.24, 2.45) is 0 Å². The van der Waals surface area contributed by atoms with E-state index in [1.54, 1.807) is 0 Å². The van der Waals surface area contributed by atoms with Crippen LogP contribution in [0.4, 0.5) is 28.7 Å². The lowest BCUT2D eigenvalue weighted by atomic mass is 10.1. The Balaban J connectivity index is 1.88. The molecule has 0 fully saturated rings. The summed E-state index contributed by atoms with van der Waals surface area (Å²) in [5, 5.41) is 6.52. The third-order valence-corrected chi connectivity index (χ3v) is 3.96. The van der Waals surface area contributed by atoms with E-state index in [9.17, 15) is 0 Å². The molecule has 0 aliphatic carbocycles. The molecule has 2 aromatic carbocycles. The number of nitrogens with two attached hydrogens (primary N) is 1. The summed E-state index contributed by atoms with van der Waals surface area (Å²) >= 11 is 0. The molecule has 0 atom stereocenters. The molecule has 0 amide bonds. The zero-order valence-corrected chi connectivity index (χ0v) is 15.2. The van der Waals surface area contributed by atoms with Crippen molar-refractivity contribution in [1.29, 1.82) is 0 Å². The molecule has 0 saturated heterocycles. The van der Waals surface area contributed by atoms with Crippen molar-refractivity contribution >= 4 is 28.7 Å². The first-order valence-electron chi connectivity index (χ1n) is 8.52. The fourth-order valence-corrected chi connectivity index (χ4v) is 2.66. The van der Waals surface area contributed by atoms with E-state index in [2.05, 4.69) is 33.6 Å². The minimum atomic E-state index is 0.443. The maximum Gasteiger partial charge on any atom is 0.159 e. The third-order valence-electron chi connectivity index (χ3n) is 3.96. The van der Waals surface area contributed by atoms with Gasteiger partial charge in [0.1, 0.15) is 17.8 Å². The lowest BCUT2D eigenvalue weighted by molar-refractivity contribution is 0.342. The summed E-state index contributed by atoms with van der Waals surface area (Å²) in [6.07, 6.45) is 1.48. The minimum absolute atomic E-state index is 0.443. The molecule has 134 valence electrons. The number of para-hydroxylation sites is 2. The Bertz CT molecular complexity index is 910. The number of nitrogens with zero attached hydrogens (tertiary/aromatic N) is 2. The maximum absolute atomic E-state index is 6.29. The number of nitrogens with one attached hydrogen (secondary N) is 2. The minimum Gasteiger partial charge on any atom is -0.492 e. The number of aromatic nitrogens is 2. The van der Waals surface area contributed by atoms with Crippen molar-refractivity contribution in [3.8, 4) is 5.75 Å². The van der Waals surface area contributed by atoms with Crippen LogP contribution in [0.2, 0.25) is 0 Å². The topological polar surface area (TPSA) is 85.1 Å². The number of nitrogen functional groups attached to an aromatic ring is 1. The number of hydrogen-bond acceptors (Lipinski definition) is 6. The molecule has 0 bridgehead atoms. The van der Waals surface area contributed by atoms with Gasteiger partial charge < -0.3 is 21.1 Å². The third kappa shape index (κ3) is 3.85. The fourth-order valence-electron chi connectivity index (χ4n) is 2.66. The monoisotopic (exact) mass is 349 g/mol. The fraction of sp³-hybridized carbons (Fsp3) is 0.200. The quantitative estimate of drug-likeness (QED) is 0.605. The molecule has 0 saturated carbocycles. The van der Waals surface area contributed by atoms with Gasteiger partial charge >= 0.3 is 0 Å². The summed E-state index contributed by atoms with van der Waals surface area (Å²) in [6, 6.07) is 13.8. The van der Waals surface area contributed by atoms with Crippen molar-refractivity contribution in [1.82, 2.24) is 9.97 Å². The van der Waals surface area contributed by atoms with Gasteiger partial charge in [0, 0.05) is 5.69 Å². The lowest BCUT2D eigenvalue weighted by Crippen LogP contribution is -2.06. The number of rotatable bonds is 6. The Labute approximate surface area is 153 Å². The van der Waals surface area contributed by atoms with E-state index in [0.29, 0.717) is 23.9 Å². The standard InChI is InChI=1S/C20H23N5O/c1-4-26-17-8-6-5-7-16(17)25-20-18(21)19(22-12-23-20)24-15-10-9-13(2)11-14(15)3/h5-12H,4,21H2,1-3H3,(H2,22,23,24,25). The van der Waals surface area contributed by atoms with Gasteiger partial charge in [0.2, 0.25) is 0 Å². The van der Waals surface area contributed by atoms with E-state index in [-0.39, 0.29) is 0 Å². The Morgan fingerprint density at radius 1 is 0.962 bits per heavy atom. The van der Waals surface area contributed by atoms with Crippen molar-refractivity contribution < 1.29 is 4.74 Å². The molecule has 0 aliphatic heterocycles. The Morgan fingerprint density at radius 2 is 1.65 bits per heavy atom. The molecule has 0 radical (unpaired) electrons. The Morgan fingerprint density at radius 3 is 2.35 bits per heavy atom. The van der Waals surface area contributed by atoms with Crippen LogP contribution in [0.15, 0.2) is 48.8 Å². The van der Waals surface area contributed by atoms with Crippen LogP contribution in [-0.2, 0) is 0 Å². The van der Waals surface area contributed by atoms with Crippen LogP contribution in [-0.4, -0.2) is 16.6 Å². The maximum atomic E-state index is 6.29. The van der Waals surface area contributed by atoms with Crippen LogP contribution < -0.4 is 21.1 Å². The SMILES string of the molecule is CCOc1ccccc1Nc1ncnc(Nc2ccc(C)cc2C)c1N. The zero-order valence-electron chi connectivity index (χ0n) is 15.2. The molecular formula is C20H23N5O. The van der Waals surface area contributed by atoms with Crippen molar-refractivity contribution in [3.05, 3.63) is 59.9 Å². The van der Waals surface area contributed by atoms with E-state index in [4.69, 9.17) is 10.5 Å². The largest absolute Gasteiger partial charge is 0.492 e. The van der Waals surface area contributed by atoms with E-state index in [1.807, 2.05) is 50.2 Å². The highest BCUT2D eigenvalue weighted by Crippen LogP contribution is 2.32. The molecule has 0 spiro atoms. The molecule has 1 heterocycles. The molecule has 6 heteroatoms. The summed E-state index contributed by atoms with van der Waals surface area (Å²) < 4.78 is 5.64. The second-order valence-corrected chi connectivity index (χ2v) is 5.98. The van der Waals surface area contributed by atoms with Gasteiger partial charge in [-0.05, 0) is 44.5 Å². The number of hydrogen-bond donors (Lipinski definition) is 3. The van der Waals surface area contributed by atoms with Crippen molar-refractivity contribution in [3.63, 3.8) is 0 Å². The van der Waals surface area contributed by atoms with Crippen LogP contribution in [0.3, 0.4) is 0 Å². The highest BCUT2D eigenvalue weighted by Gasteiger charge is 2.11. The summed E-state index contributed by atoms with van der Waals surface area (Å²) in [4.78, 5) is 8.55. The van der Waals surface area contributed by atoms with Gasteiger partial charge in [-0.25, -0.2) is 9.97 Å². The van der Waals surface area contributed by atoms with Gasteiger partial charge in [-0.3, -0.25) is 0 Å². The Kier molecular flexibility index (Phi) is 5.22. The molecule has 26 heavy (non-hydrogen) atoms. The van der Waals surface area contributed by atoms with Gasteiger partial charge in [-0.2, -0.15) is 0 Å². The van der Waals surface area contributed by atoms with E-state index in [1.165, 1.54) is 11.9 Å². The first kappa shape index (κ1) is 17.5. The molecule has 3 rings (SSSR count). The number of anilines is 5. The van der Waals surface area contributed by atoms with Gasteiger partial charge in [0.15, 0.2) is 11.6 Å². The van der Waals surface area contributed by atoms with Crippen LogP contribution in [0, 0.1) is 13.8 Å². The zero-order chi connectivity index (χ0) is 18.5. The smallest absolute Gasteiger partial charge is 0.159 e. The average molecular weight is 349 g/mol. The number of ether oxygens (including phenoxy) is 1. The van der Waals surface area contributed by atoms with Gasteiger partial charge in [0.05, 0.1) is 12.3 Å². The molecule has 6 nitrogen and oxygen atoms in total. The molecule has 1 aromatic heterocycles. The summed E-state index contributed by atoms with van der Waals surface area (Å²) in [5.41, 5.74) is 10.8. The van der Waals surface area contributed by atoms with Crippen molar-refractivity contribution in [2.75, 3.05) is 23.0 Å². The Hall–Kier alpha value is -3.28. The van der Waals surface area contributed by atoms with Crippen LogP contribution in [0.1, 0.15) is 18.1 Å². The van der Waals surface area contributed by atoms with Crippen LogP contribution in [0.25, 0.3) is 0 Å². The molecule has 0 aliphatic rings. The van der Waals surface area contributed by atoms with E-state index >= 15 is 0 Å². The van der Waals surface area contributed by atoms with E-state index in [0.717, 1.165) is 22.7 Å². The summed E-state index contributed by atoms with van der Waals surface area (Å²) in [7, 11) is 0. The highest BCUT2D eigenvalue weighted by molar-refractivity contribution is 5.81. The van der Waals surface area contributed by atoms with E-state index < -0.39 is 0 Å². The summed E-state index contributed by atoms with van der Waals surface area (Å²) in [6.45, 7) is 6.64. The molecule has 3 aromatic rings. The second-order valence-electron chi connectivity index (χ2n) is 5.98. The highest BCUT2D eigenvalue weighted by atomic mass is 16.5. The first-order valence-corrected chi connectivity index (χ1v) is 8.52. The van der Waals surface area contributed by atoms with Crippen LogP contribution in [0.5, 0.6) is 5.75 Å². The second kappa shape index (κ2) is 7.74. The molecular weight excluding hydrogens is 326 g/mol. The predicted molar refractivity (Wildman–Crippen MR) is 107 cm³/mol. The average Bonchev–Trinajstić information content (AvgIpc) is 2.62. The number of aryl methyl sites for hydroxylation is 2. The van der Waals surface area contributed by atoms with Gasteiger partial charge in [0.25, 0.3) is 0 Å². The van der Waals surface area contributed by atoms with Crippen LogP contribution >= 0.6 is 0 Å². The molecule has 4 N–H and O–H groups in total. The lowest BCUT2D eigenvalue weighted by Gasteiger charge is -2.15. The predicted octanol–water partition coefficient (Wildman–Crippen LogP) is 4.56. The normalized spacial score (nSPS) is 10.4. The number of benzene rings is 2. The first-order chi connectivity index (χ1) is 12.6. The van der Waals surface area contributed by atoms with Crippen molar-refractivity contribution in [2.45, 2.75) is 20.8 Å². The molecule has 0 unspecified atom stereocenters. The van der Waals surface area contributed by atoms with Gasteiger partial charge in [-0.1, -0.05) is 29.8 Å². The van der Waals surface area contributed by atoms with Gasteiger partial charge in [-0.15, -0.1) is 0 Å².